The van der Waals surface area contributed by atoms with E-state index in [1.54, 1.807) is 6.08 Å². The van der Waals surface area contributed by atoms with E-state index in [0.29, 0.717) is 17.4 Å². The smallest absolute Gasteiger partial charge is 0.387 e. The number of phosphoric acid groups is 1. The number of aliphatic hydroxyl groups is 1. The topological polar surface area (TPSA) is 105 Å². The van der Waals surface area contributed by atoms with Crippen LogP contribution in [0.2, 0.25) is 0 Å². The Kier molecular flexibility index (Phi) is 44.8. The zero-order valence-electron chi connectivity index (χ0n) is 42.6. The summed E-state index contributed by atoms with van der Waals surface area (Å²) in [7, 11) is 1.54. The van der Waals surface area contributed by atoms with Crippen LogP contribution < -0.4 is 5.32 Å². The number of likely N-dealkylation sites (N-methyl/N-ethyl adjacent to an activating group) is 1. The van der Waals surface area contributed by atoms with E-state index in [1.165, 1.54) is 51.4 Å². The minimum absolute atomic E-state index is 0.0524. The number of carbonyl (C=O) groups excluding carboxylic acids is 1. The Balaban J connectivity index is 4.14. The largest absolute Gasteiger partial charge is 0.472 e. The van der Waals surface area contributed by atoms with Crippen LogP contribution in [0.15, 0.2) is 122 Å². The molecule has 0 rings (SSSR count). The fourth-order valence-electron chi connectivity index (χ4n) is 6.62. The number of nitrogens with one attached hydrogen (secondary N) is 1. The molecular formula is C57H98N2O6P+. The first-order chi connectivity index (χ1) is 32.0. The predicted molar refractivity (Wildman–Crippen MR) is 285 cm³/mol. The number of unbranched alkanes of at least 4 members (excludes halogenated alkanes) is 14. The molecule has 0 spiro atoms. The van der Waals surface area contributed by atoms with Crippen LogP contribution >= 0.6 is 7.82 Å². The van der Waals surface area contributed by atoms with Gasteiger partial charge in [0.15, 0.2) is 0 Å². The van der Waals surface area contributed by atoms with Gasteiger partial charge in [-0.25, -0.2) is 4.57 Å². The van der Waals surface area contributed by atoms with Crippen molar-refractivity contribution in [2.75, 3.05) is 40.9 Å². The average molecular weight is 938 g/mol. The molecule has 0 heterocycles. The first-order valence-electron chi connectivity index (χ1n) is 25.9. The maximum Gasteiger partial charge on any atom is 0.472 e. The number of carbonyl (C=O) groups is 1. The Morgan fingerprint density at radius 1 is 0.530 bits per heavy atom. The molecule has 3 N–H and O–H groups in total. The molecule has 66 heavy (non-hydrogen) atoms. The second kappa shape index (κ2) is 47.0. The van der Waals surface area contributed by atoms with Crippen LogP contribution in [-0.2, 0) is 18.4 Å². The van der Waals surface area contributed by atoms with Crippen molar-refractivity contribution in [1.29, 1.82) is 0 Å². The molecule has 0 bridgehead atoms. The van der Waals surface area contributed by atoms with Crippen molar-refractivity contribution in [3.05, 3.63) is 122 Å². The summed E-state index contributed by atoms with van der Waals surface area (Å²) >= 11 is 0. The number of quaternary nitrogens is 1. The zero-order valence-corrected chi connectivity index (χ0v) is 43.5. The Morgan fingerprint density at radius 2 is 0.909 bits per heavy atom. The third kappa shape index (κ3) is 48.8. The van der Waals surface area contributed by atoms with E-state index in [4.69, 9.17) is 9.05 Å². The summed E-state index contributed by atoms with van der Waals surface area (Å²) in [4.78, 5) is 23.1. The third-order valence-electron chi connectivity index (χ3n) is 10.7. The van der Waals surface area contributed by atoms with Crippen molar-refractivity contribution < 1.29 is 32.9 Å². The average Bonchev–Trinajstić information content (AvgIpc) is 3.28. The van der Waals surface area contributed by atoms with Crippen molar-refractivity contribution in [3.63, 3.8) is 0 Å². The van der Waals surface area contributed by atoms with E-state index in [-0.39, 0.29) is 19.1 Å². The van der Waals surface area contributed by atoms with Crippen LogP contribution in [0.25, 0.3) is 0 Å². The van der Waals surface area contributed by atoms with Gasteiger partial charge in [0.2, 0.25) is 5.91 Å². The van der Waals surface area contributed by atoms with Gasteiger partial charge in [0, 0.05) is 6.42 Å². The fourth-order valence-corrected chi connectivity index (χ4v) is 7.36. The lowest BCUT2D eigenvalue weighted by Crippen LogP contribution is -2.45. The Labute approximate surface area is 405 Å². The van der Waals surface area contributed by atoms with Gasteiger partial charge >= 0.3 is 7.82 Å². The lowest BCUT2D eigenvalue weighted by molar-refractivity contribution is -0.870. The second-order valence-corrected chi connectivity index (χ2v) is 19.6. The highest BCUT2D eigenvalue weighted by atomic mass is 31.2. The molecule has 3 unspecified atom stereocenters. The molecule has 9 heteroatoms. The van der Waals surface area contributed by atoms with Gasteiger partial charge in [-0.05, 0) is 89.9 Å². The summed E-state index contributed by atoms with van der Waals surface area (Å²) in [6.45, 7) is 4.63. The number of aliphatic hydroxyl groups excluding tert-OH is 1. The standard InChI is InChI=1S/C57H97N2O6P/c1-6-8-10-12-14-16-17-18-19-20-21-22-23-24-25-26-27-28-29-30-31-32-33-34-35-36-37-38-39-40-41-43-45-47-49-51-57(61)58-55(54-65-66(62,63)64-53-52-59(3,4)5)56(60)50-48-46-44-42-15-13-11-9-7-2/h8,10,14,16,18-19,21-22,24-25,27-28,30-31,33-34,36-37,48,50,55-56,60H,6-7,9,11-13,15,17,20,23,26,29,32,35,38-47,49,51-54H2,1-5H3,(H-,58,61,62,63)/p+1/b10-8-,16-14-,19-18-,22-21-,25-24-,28-27-,31-30-,34-33-,37-36-,50-48+. The van der Waals surface area contributed by atoms with Crippen LogP contribution in [0.1, 0.15) is 181 Å². The van der Waals surface area contributed by atoms with Crippen LogP contribution in [0.4, 0.5) is 0 Å². The molecule has 0 aliphatic carbocycles. The molecule has 3 atom stereocenters. The van der Waals surface area contributed by atoms with Gasteiger partial charge in [-0.1, -0.05) is 206 Å². The molecule has 0 saturated carbocycles. The minimum Gasteiger partial charge on any atom is -0.387 e. The van der Waals surface area contributed by atoms with Gasteiger partial charge in [0.1, 0.15) is 13.2 Å². The lowest BCUT2D eigenvalue weighted by Gasteiger charge is -2.25. The number of hydrogen-bond donors (Lipinski definition) is 3. The molecular weight excluding hydrogens is 840 g/mol. The second-order valence-electron chi connectivity index (χ2n) is 18.2. The molecule has 8 nitrogen and oxygen atoms in total. The van der Waals surface area contributed by atoms with Gasteiger partial charge in [-0.15, -0.1) is 0 Å². The van der Waals surface area contributed by atoms with Crippen molar-refractivity contribution in [1.82, 2.24) is 5.32 Å². The molecule has 0 radical (unpaired) electrons. The van der Waals surface area contributed by atoms with Crippen molar-refractivity contribution in [2.45, 2.75) is 193 Å². The fraction of sp³-hybridized carbons (Fsp3) is 0.632. The highest BCUT2D eigenvalue weighted by Gasteiger charge is 2.27. The summed E-state index contributed by atoms with van der Waals surface area (Å²) in [6, 6.07) is -0.859. The molecule has 1 amide bonds. The normalized spacial score (nSPS) is 15.1. The van der Waals surface area contributed by atoms with Crippen molar-refractivity contribution in [2.24, 2.45) is 0 Å². The molecule has 0 aromatic carbocycles. The summed E-state index contributed by atoms with van der Waals surface area (Å²) < 4.78 is 23.5. The molecule has 0 saturated heterocycles. The molecule has 0 aromatic heterocycles. The van der Waals surface area contributed by atoms with Crippen LogP contribution in [0, 0.1) is 0 Å². The van der Waals surface area contributed by atoms with Gasteiger partial charge in [0.05, 0.1) is 39.9 Å². The van der Waals surface area contributed by atoms with Crippen molar-refractivity contribution >= 4 is 13.7 Å². The summed E-state index contributed by atoms with van der Waals surface area (Å²) in [5.41, 5.74) is 0. The van der Waals surface area contributed by atoms with E-state index in [1.807, 2.05) is 27.2 Å². The Bertz CT molecular complexity index is 1480. The Hall–Kier alpha value is -3.10. The van der Waals surface area contributed by atoms with E-state index in [2.05, 4.69) is 129 Å². The number of rotatable bonds is 45. The SMILES string of the molecule is CC/C=C\C/C=C\C/C=C\C/C=C\C/C=C\C/C=C\C/C=C\C/C=C\C/C=C\CCCCCCCCCC(=O)NC(COP(=O)(O)OCC[N+](C)(C)C)C(O)/C=C/CCCCCCCCC. The number of phosphoric ester groups is 1. The van der Waals surface area contributed by atoms with E-state index >= 15 is 0 Å². The predicted octanol–water partition coefficient (Wildman–Crippen LogP) is 15.4. The highest BCUT2D eigenvalue weighted by Crippen LogP contribution is 2.43. The van der Waals surface area contributed by atoms with Gasteiger partial charge in [0.25, 0.3) is 0 Å². The number of allylic oxidation sites excluding steroid dienone is 19. The van der Waals surface area contributed by atoms with E-state index in [9.17, 15) is 19.4 Å². The first-order valence-corrected chi connectivity index (χ1v) is 27.4. The van der Waals surface area contributed by atoms with Gasteiger partial charge < -0.3 is 19.8 Å². The Morgan fingerprint density at radius 3 is 1.33 bits per heavy atom. The summed E-state index contributed by atoms with van der Waals surface area (Å²) in [6.07, 6.45) is 70.1. The maximum atomic E-state index is 12.9. The summed E-state index contributed by atoms with van der Waals surface area (Å²) in [5, 5.41) is 13.8. The molecule has 0 fully saturated rings. The molecule has 376 valence electrons. The van der Waals surface area contributed by atoms with Crippen LogP contribution in [0.3, 0.4) is 0 Å². The first kappa shape index (κ1) is 62.9. The zero-order chi connectivity index (χ0) is 48.5. The number of hydrogen-bond acceptors (Lipinski definition) is 5. The summed E-state index contributed by atoms with van der Waals surface area (Å²) in [5.74, 6) is -0.197. The monoisotopic (exact) mass is 938 g/mol. The molecule has 0 aliphatic heterocycles. The quantitative estimate of drug-likeness (QED) is 0.0243. The number of nitrogens with zero attached hydrogens (tertiary/aromatic N) is 1. The van der Waals surface area contributed by atoms with Crippen LogP contribution in [-0.4, -0.2) is 73.4 Å². The van der Waals surface area contributed by atoms with E-state index < -0.39 is 20.0 Å². The minimum atomic E-state index is -4.35. The van der Waals surface area contributed by atoms with Gasteiger partial charge in [-0.2, -0.15) is 0 Å². The van der Waals surface area contributed by atoms with Crippen LogP contribution in [0.5, 0.6) is 0 Å². The molecule has 0 aliphatic rings. The molecule has 0 aromatic rings. The van der Waals surface area contributed by atoms with E-state index in [0.717, 1.165) is 109 Å². The van der Waals surface area contributed by atoms with Crippen molar-refractivity contribution in [3.8, 4) is 0 Å². The van der Waals surface area contributed by atoms with Gasteiger partial charge in [-0.3, -0.25) is 13.8 Å². The lowest BCUT2D eigenvalue weighted by atomic mass is 10.1. The number of amides is 1. The maximum absolute atomic E-state index is 12.9. The highest BCUT2D eigenvalue weighted by molar-refractivity contribution is 7.47. The third-order valence-corrected chi connectivity index (χ3v) is 11.7.